The van der Waals surface area contributed by atoms with Gasteiger partial charge in [-0.15, -0.1) is 0 Å². The summed E-state index contributed by atoms with van der Waals surface area (Å²) in [6.45, 7) is 1.06. The summed E-state index contributed by atoms with van der Waals surface area (Å²) in [4.78, 5) is 10.4. The van der Waals surface area contributed by atoms with E-state index in [9.17, 15) is 9.18 Å². The van der Waals surface area contributed by atoms with Gasteiger partial charge in [-0.25, -0.2) is 4.39 Å². The summed E-state index contributed by atoms with van der Waals surface area (Å²) in [5.74, 6) is 0.595. The Hall–Kier alpha value is -1.10. The zero-order valence-electron chi connectivity index (χ0n) is 9.17. The normalized spacial score (nSPS) is 14.2. The molecule has 1 aromatic rings. The first-order chi connectivity index (χ1) is 8.24. The fraction of sp³-hybridized carbons (Fsp3) is 0.417. The van der Waals surface area contributed by atoms with Crippen LogP contribution in [-0.4, -0.2) is 19.5 Å². The van der Waals surface area contributed by atoms with Gasteiger partial charge in [0.2, 0.25) is 0 Å². The first kappa shape index (κ1) is 12.4. The van der Waals surface area contributed by atoms with E-state index in [2.05, 4.69) is 15.9 Å². The lowest BCUT2D eigenvalue weighted by atomic mass is 10.1. The summed E-state index contributed by atoms with van der Waals surface area (Å²) in [5, 5.41) is 0. The summed E-state index contributed by atoms with van der Waals surface area (Å²) in [6.07, 6.45) is 2.12. The van der Waals surface area contributed by atoms with Gasteiger partial charge >= 0.3 is 0 Å². The highest BCUT2D eigenvalue weighted by Crippen LogP contribution is 2.39. The number of carbonyl (C=O) groups excluding carboxylic acids is 1. The topological polar surface area (TPSA) is 35.5 Å². The molecule has 0 radical (unpaired) electrons. The van der Waals surface area contributed by atoms with Crippen molar-refractivity contribution < 1.29 is 18.7 Å². The lowest BCUT2D eigenvalue weighted by molar-refractivity contribution is -0.107. The highest BCUT2D eigenvalue weighted by molar-refractivity contribution is 9.10. The van der Waals surface area contributed by atoms with Crippen molar-refractivity contribution in [2.45, 2.75) is 19.3 Å². The van der Waals surface area contributed by atoms with Crippen molar-refractivity contribution in [2.75, 3.05) is 13.2 Å². The second-order valence-corrected chi connectivity index (χ2v) is 4.59. The smallest absolute Gasteiger partial charge is 0.167 e. The SMILES string of the molecule is O=CCCc1c(F)c(Br)cc2c1OCCCO2. The van der Waals surface area contributed by atoms with Crippen LogP contribution in [0.5, 0.6) is 11.5 Å². The van der Waals surface area contributed by atoms with Crippen LogP contribution >= 0.6 is 15.9 Å². The van der Waals surface area contributed by atoms with E-state index in [0.717, 1.165) is 12.7 Å². The maximum atomic E-state index is 13.9. The molecule has 0 bridgehead atoms. The molecule has 1 aliphatic rings. The summed E-state index contributed by atoms with van der Waals surface area (Å²) in [5.41, 5.74) is 0.406. The molecule has 1 heterocycles. The Balaban J connectivity index is 2.45. The van der Waals surface area contributed by atoms with Gasteiger partial charge in [-0.1, -0.05) is 0 Å². The maximum Gasteiger partial charge on any atom is 0.167 e. The Morgan fingerprint density at radius 3 is 2.94 bits per heavy atom. The van der Waals surface area contributed by atoms with Gasteiger partial charge in [-0.2, -0.15) is 0 Å². The Morgan fingerprint density at radius 2 is 2.18 bits per heavy atom. The number of fused-ring (bicyclic) bond motifs is 1. The quantitative estimate of drug-likeness (QED) is 0.806. The third kappa shape index (κ3) is 2.60. The van der Waals surface area contributed by atoms with Crippen LogP contribution in [0.2, 0.25) is 0 Å². The summed E-state index contributed by atoms with van der Waals surface area (Å²) < 4.78 is 25.3. The molecule has 0 saturated heterocycles. The van der Waals surface area contributed by atoms with Crippen molar-refractivity contribution in [1.29, 1.82) is 0 Å². The zero-order valence-corrected chi connectivity index (χ0v) is 10.8. The second kappa shape index (κ2) is 5.49. The van der Waals surface area contributed by atoms with Gasteiger partial charge in [0.25, 0.3) is 0 Å². The first-order valence-corrected chi connectivity index (χ1v) is 6.23. The number of carbonyl (C=O) groups is 1. The van der Waals surface area contributed by atoms with E-state index in [4.69, 9.17) is 9.47 Å². The summed E-state index contributed by atoms with van der Waals surface area (Å²) in [7, 11) is 0. The average molecular weight is 303 g/mol. The van der Waals surface area contributed by atoms with Crippen LogP contribution in [0.4, 0.5) is 4.39 Å². The number of hydrogen-bond donors (Lipinski definition) is 0. The third-order valence-electron chi connectivity index (χ3n) is 2.54. The Labute approximate surface area is 107 Å². The molecule has 0 N–H and O–H groups in total. The van der Waals surface area contributed by atoms with Crippen LogP contribution in [0.1, 0.15) is 18.4 Å². The van der Waals surface area contributed by atoms with E-state index >= 15 is 0 Å². The number of ether oxygens (including phenoxy) is 2. The number of hydrogen-bond acceptors (Lipinski definition) is 3. The van der Waals surface area contributed by atoms with Crippen molar-refractivity contribution in [2.24, 2.45) is 0 Å². The second-order valence-electron chi connectivity index (χ2n) is 3.73. The van der Waals surface area contributed by atoms with Crippen LogP contribution in [0.15, 0.2) is 10.5 Å². The number of aldehydes is 1. The van der Waals surface area contributed by atoms with E-state index in [0.29, 0.717) is 41.2 Å². The first-order valence-electron chi connectivity index (χ1n) is 5.44. The van der Waals surface area contributed by atoms with Crippen molar-refractivity contribution in [3.63, 3.8) is 0 Å². The lowest BCUT2D eigenvalue weighted by Crippen LogP contribution is -2.01. The van der Waals surface area contributed by atoms with Crippen LogP contribution in [0, 0.1) is 5.82 Å². The molecular weight excluding hydrogens is 291 g/mol. The van der Waals surface area contributed by atoms with Gasteiger partial charge in [0.15, 0.2) is 11.5 Å². The van der Waals surface area contributed by atoms with E-state index in [1.54, 1.807) is 6.07 Å². The number of rotatable bonds is 3. The molecule has 0 spiro atoms. The number of halogens is 2. The predicted molar refractivity (Wildman–Crippen MR) is 64.1 cm³/mol. The molecule has 3 nitrogen and oxygen atoms in total. The largest absolute Gasteiger partial charge is 0.490 e. The van der Waals surface area contributed by atoms with Crippen molar-refractivity contribution >= 4 is 22.2 Å². The van der Waals surface area contributed by atoms with E-state index < -0.39 is 0 Å². The monoisotopic (exact) mass is 302 g/mol. The molecule has 5 heteroatoms. The molecule has 1 aliphatic heterocycles. The lowest BCUT2D eigenvalue weighted by Gasteiger charge is -2.14. The van der Waals surface area contributed by atoms with Crippen LogP contribution in [0.25, 0.3) is 0 Å². The maximum absolute atomic E-state index is 13.9. The van der Waals surface area contributed by atoms with Gasteiger partial charge in [-0.3, -0.25) is 0 Å². The molecule has 0 amide bonds. The van der Waals surface area contributed by atoms with Crippen molar-refractivity contribution in [3.8, 4) is 11.5 Å². The van der Waals surface area contributed by atoms with Crippen LogP contribution < -0.4 is 9.47 Å². The fourth-order valence-electron chi connectivity index (χ4n) is 1.74. The van der Waals surface area contributed by atoms with Crippen molar-refractivity contribution in [1.82, 2.24) is 0 Å². The van der Waals surface area contributed by atoms with E-state index in [1.165, 1.54) is 0 Å². The summed E-state index contributed by atoms with van der Waals surface area (Å²) in [6, 6.07) is 1.57. The molecule has 92 valence electrons. The fourth-order valence-corrected chi connectivity index (χ4v) is 2.19. The minimum Gasteiger partial charge on any atom is -0.490 e. The van der Waals surface area contributed by atoms with Gasteiger partial charge in [0, 0.05) is 24.5 Å². The Bertz CT molecular complexity index is 434. The molecule has 2 rings (SSSR count). The average Bonchev–Trinajstić information content (AvgIpc) is 2.55. The van der Waals surface area contributed by atoms with Crippen molar-refractivity contribution in [3.05, 3.63) is 21.9 Å². The Morgan fingerprint density at radius 1 is 1.41 bits per heavy atom. The minimum absolute atomic E-state index is 0.267. The summed E-state index contributed by atoms with van der Waals surface area (Å²) >= 11 is 3.14. The Kier molecular flexibility index (Phi) is 3.99. The van der Waals surface area contributed by atoms with Gasteiger partial charge in [-0.05, 0) is 22.4 Å². The van der Waals surface area contributed by atoms with Gasteiger partial charge < -0.3 is 14.3 Å². The predicted octanol–water partition coefficient (Wildman–Crippen LogP) is 2.88. The van der Waals surface area contributed by atoms with Crippen LogP contribution in [-0.2, 0) is 11.2 Å². The zero-order chi connectivity index (χ0) is 12.3. The molecule has 0 saturated carbocycles. The highest BCUT2D eigenvalue weighted by atomic mass is 79.9. The van der Waals surface area contributed by atoms with E-state index in [1.807, 2.05) is 0 Å². The molecule has 17 heavy (non-hydrogen) atoms. The molecule has 0 fully saturated rings. The number of benzene rings is 1. The molecule has 0 aliphatic carbocycles. The molecule has 0 unspecified atom stereocenters. The molecule has 1 aromatic carbocycles. The van der Waals surface area contributed by atoms with Gasteiger partial charge in [0.05, 0.1) is 17.7 Å². The van der Waals surface area contributed by atoms with Crippen LogP contribution in [0.3, 0.4) is 0 Å². The minimum atomic E-state index is -0.379. The third-order valence-corrected chi connectivity index (χ3v) is 3.11. The standard InChI is InChI=1S/C12H12BrFO3/c13-9-7-10-12(17-6-2-5-16-10)8(11(9)14)3-1-4-15/h4,7H,1-3,5-6H2. The molecular formula is C12H12BrFO3. The molecule has 0 aromatic heterocycles. The highest BCUT2D eigenvalue weighted by Gasteiger charge is 2.21. The molecule has 0 atom stereocenters. The van der Waals surface area contributed by atoms with Gasteiger partial charge in [0.1, 0.15) is 12.1 Å². The van der Waals surface area contributed by atoms with E-state index in [-0.39, 0.29) is 12.2 Å².